The molecule has 34 heavy (non-hydrogen) atoms. The summed E-state index contributed by atoms with van der Waals surface area (Å²) < 4.78 is 16.0. The molecule has 2 aliphatic heterocycles. The molecule has 180 valence electrons. The summed E-state index contributed by atoms with van der Waals surface area (Å²) >= 11 is 1.50. The second kappa shape index (κ2) is 12.5. The summed E-state index contributed by atoms with van der Waals surface area (Å²) in [7, 11) is 1.75. The third kappa shape index (κ3) is 5.42. The number of fused-ring (bicyclic) bond motifs is 2. The number of allylic oxidation sites excluding steroid dienone is 2. The number of anilines is 1. The highest BCUT2D eigenvalue weighted by molar-refractivity contribution is 7.15. The van der Waals surface area contributed by atoms with Crippen LogP contribution in [0.15, 0.2) is 30.5 Å². The molecule has 1 amide bonds. The van der Waals surface area contributed by atoms with Crippen LogP contribution in [0, 0.1) is 17.0 Å². The molecule has 8 heteroatoms. The largest absolute Gasteiger partial charge is 0.303 e. The van der Waals surface area contributed by atoms with Gasteiger partial charge in [0.05, 0.1) is 11.4 Å². The molecule has 0 unspecified atom stereocenters. The van der Waals surface area contributed by atoms with E-state index in [1.54, 1.807) is 22.8 Å². The zero-order valence-electron chi connectivity index (χ0n) is 21.3. The maximum atomic E-state index is 14.4. The summed E-state index contributed by atoms with van der Waals surface area (Å²) in [6, 6.07) is 5.28. The van der Waals surface area contributed by atoms with E-state index in [0.717, 1.165) is 34.4 Å². The summed E-state index contributed by atoms with van der Waals surface area (Å²) in [4.78, 5) is 16.4. The number of hydrogen-bond acceptors (Lipinski definition) is 4. The first kappa shape index (κ1) is 27.3. The number of amides is 1. The van der Waals surface area contributed by atoms with E-state index in [1.165, 1.54) is 23.0 Å². The Morgan fingerprint density at radius 3 is 2.44 bits per heavy atom. The number of aromatic nitrogens is 2. The molecule has 1 aromatic carbocycles. The third-order valence-corrected chi connectivity index (χ3v) is 6.70. The van der Waals surface area contributed by atoms with E-state index in [1.807, 2.05) is 47.6 Å². The lowest BCUT2D eigenvalue weighted by molar-refractivity contribution is 0.1000. The van der Waals surface area contributed by atoms with Gasteiger partial charge >= 0.3 is 0 Å². The molecule has 0 aliphatic carbocycles. The number of rotatable bonds is 2. The van der Waals surface area contributed by atoms with E-state index in [9.17, 15) is 9.18 Å². The molecule has 0 atom stereocenters. The van der Waals surface area contributed by atoms with Crippen molar-refractivity contribution < 1.29 is 9.18 Å². The van der Waals surface area contributed by atoms with Gasteiger partial charge < -0.3 is 4.90 Å². The summed E-state index contributed by atoms with van der Waals surface area (Å²) in [6.07, 6.45) is 6.40. The molecule has 0 saturated carbocycles. The second-order valence-corrected chi connectivity index (χ2v) is 8.41. The maximum Gasteiger partial charge on any atom is 0.271 e. The van der Waals surface area contributed by atoms with Crippen molar-refractivity contribution in [1.82, 2.24) is 9.78 Å². The van der Waals surface area contributed by atoms with Crippen molar-refractivity contribution in [2.75, 3.05) is 4.90 Å². The topological polar surface area (TPSA) is 61.9 Å². The first-order chi connectivity index (χ1) is 16.5. The number of aryl methyl sites for hydroxylation is 1. The lowest BCUT2D eigenvalue weighted by Crippen LogP contribution is -2.23. The molecule has 0 bridgehead atoms. The van der Waals surface area contributed by atoms with E-state index in [-0.39, 0.29) is 12.6 Å². The van der Waals surface area contributed by atoms with E-state index in [0.29, 0.717) is 23.1 Å². The van der Waals surface area contributed by atoms with Crippen LogP contribution in [0.25, 0.3) is 16.5 Å². The standard InChI is InChI=1S/C20H16BFN4OS.3C2H6/c1-25-9-13-6-15(8-16(22)18(13)24-25)26-10-14-7-17(28-19(14)20(26)27)12-2-4-21(11-23)5-3-12;3*1-2/h2,6-9H,3-5,10H2,1H3;3*1-2H3. The van der Waals surface area contributed by atoms with E-state index in [4.69, 9.17) is 5.26 Å². The number of carbonyl (C=O) groups is 1. The lowest BCUT2D eigenvalue weighted by atomic mass is 9.44. The Morgan fingerprint density at radius 1 is 1.15 bits per heavy atom. The quantitative estimate of drug-likeness (QED) is 0.360. The zero-order chi connectivity index (χ0) is 25.4. The summed E-state index contributed by atoms with van der Waals surface area (Å²) in [5, 5.41) is 13.8. The first-order valence-electron chi connectivity index (χ1n) is 12.2. The summed E-state index contributed by atoms with van der Waals surface area (Å²) in [5.74, 6) is 1.82. The molecule has 2 aromatic heterocycles. The highest BCUT2D eigenvalue weighted by Gasteiger charge is 2.32. The molecule has 4 heterocycles. The number of benzene rings is 1. The minimum Gasteiger partial charge on any atom is -0.303 e. The molecule has 0 N–H and O–H groups in total. The monoisotopic (exact) mass is 480 g/mol. The van der Waals surface area contributed by atoms with Gasteiger partial charge in [-0.3, -0.25) is 9.48 Å². The van der Waals surface area contributed by atoms with E-state index >= 15 is 0 Å². The number of nitriles is 1. The van der Waals surface area contributed by atoms with Crippen molar-refractivity contribution >= 4 is 46.1 Å². The predicted octanol–water partition coefficient (Wildman–Crippen LogP) is 7.36. The number of carbonyl (C=O) groups excluding carboxylic acids is 1. The predicted molar refractivity (Wildman–Crippen MR) is 143 cm³/mol. The molecular weight excluding hydrogens is 446 g/mol. The van der Waals surface area contributed by atoms with Crippen LogP contribution in [-0.2, 0) is 13.6 Å². The molecular formula is C26H34BFN4OS. The zero-order valence-corrected chi connectivity index (χ0v) is 22.1. The average Bonchev–Trinajstić information content (AvgIpc) is 3.56. The molecule has 0 spiro atoms. The maximum absolute atomic E-state index is 14.4. The van der Waals surface area contributed by atoms with Gasteiger partial charge in [-0.25, -0.2) is 9.65 Å². The fourth-order valence-corrected chi connectivity index (χ4v) is 5.18. The van der Waals surface area contributed by atoms with Crippen LogP contribution in [0.3, 0.4) is 0 Å². The molecule has 3 aromatic rings. The van der Waals surface area contributed by atoms with Crippen LogP contribution in [0.5, 0.6) is 0 Å². The minimum atomic E-state index is -0.420. The molecule has 2 aliphatic rings. The Morgan fingerprint density at radius 2 is 1.85 bits per heavy atom. The third-order valence-electron chi connectivity index (χ3n) is 5.46. The van der Waals surface area contributed by atoms with Crippen molar-refractivity contribution in [3.63, 3.8) is 0 Å². The van der Waals surface area contributed by atoms with Crippen LogP contribution in [0.4, 0.5) is 10.1 Å². The van der Waals surface area contributed by atoms with Crippen molar-refractivity contribution in [2.24, 2.45) is 7.05 Å². The van der Waals surface area contributed by atoms with Gasteiger partial charge in [0, 0.05) is 35.2 Å². The fraction of sp³-hybridized carbons (Fsp3) is 0.423. The van der Waals surface area contributed by atoms with E-state index in [2.05, 4.69) is 23.2 Å². The Bertz CT molecular complexity index is 1210. The van der Waals surface area contributed by atoms with Crippen molar-refractivity contribution in [3.8, 4) is 5.97 Å². The van der Waals surface area contributed by atoms with Gasteiger partial charge in [0.1, 0.15) is 5.52 Å². The lowest BCUT2D eigenvalue weighted by Gasteiger charge is -2.17. The summed E-state index contributed by atoms with van der Waals surface area (Å²) in [6.45, 7) is 12.6. The Labute approximate surface area is 207 Å². The highest BCUT2D eigenvalue weighted by Crippen LogP contribution is 2.40. The minimum absolute atomic E-state index is 0.0831. The Kier molecular flexibility index (Phi) is 10.1. The van der Waals surface area contributed by atoms with Crippen molar-refractivity contribution in [2.45, 2.75) is 67.1 Å². The Balaban J connectivity index is 0.000000633. The van der Waals surface area contributed by atoms with Gasteiger partial charge in [0.25, 0.3) is 12.6 Å². The molecule has 5 rings (SSSR count). The number of nitrogens with zero attached hydrogens (tertiary/aromatic N) is 4. The average molecular weight is 480 g/mol. The van der Waals surface area contributed by atoms with Gasteiger partial charge in [-0.1, -0.05) is 53.9 Å². The number of hydrogen-bond donors (Lipinski definition) is 0. The first-order valence-corrected chi connectivity index (χ1v) is 13.0. The fourth-order valence-electron chi connectivity index (χ4n) is 3.99. The van der Waals surface area contributed by atoms with Gasteiger partial charge in [0.15, 0.2) is 5.82 Å². The van der Waals surface area contributed by atoms with Gasteiger partial charge in [-0.05, 0) is 42.1 Å². The highest BCUT2D eigenvalue weighted by atomic mass is 32.1. The van der Waals surface area contributed by atoms with Crippen LogP contribution in [0.2, 0.25) is 12.6 Å². The molecule has 5 nitrogen and oxygen atoms in total. The molecule has 0 fully saturated rings. The van der Waals surface area contributed by atoms with Crippen LogP contribution < -0.4 is 4.90 Å². The van der Waals surface area contributed by atoms with Gasteiger partial charge in [-0.15, -0.1) is 11.3 Å². The molecule has 0 saturated heterocycles. The van der Waals surface area contributed by atoms with Crippen molar-refractivity contribution in [1.29, 1.82) is 5.26 Å². The second-order valence-electron chi connectivity index (χ2n) is 7.35. The number of thiophene rings is 1. The normalized spacial score (nSPS) is 14.1. The summed E-state index contributed by atoms with van der Waals surface area (Å²) in [5.41, 5.74) is 3.09. The van der Waals surface area contributed by atoms with Crippen LogP contribution in [-0.4, -0.2) is 22.4 Å². The smallest absolute Gasteiger partial charge is 0.271 e. The number of halogens is 1. The molecule has 0 radical (unpaired) electrons. The van der Waals surface area contributed by atoms with Crippen LogP contribution in [0.1, 0.15) is 68.1 Å². The SMILES string of the molecule is CC.CC.CC.Cn1cc2cc(N3Cc4cc(C5=CCB(C#N)CC5)sc4C3=O)cc(F)c2n1. The van der Waals surface area contributed by atoms with E-state index < -0.39 is 5.82 Å². The Hall–Kier alpha value is -2.92. The van der Waals surface area contributed by atoms with Crippen molar-refractivity contribution in [3.05, 3.63) is 51.6 Å². The van der Waals surface area contributed by atoms with Crippen LogP contribution >= 0.6 is 11.3 Å². The van der Waals surface area contributed by atoms with Gasteiger partial charge in [-0.2, -0.15) is 5.10 Å². The van der Waals surface area contributed by atoms with Gasteiger partial charge in [0.2, 0.25) is 0 Å².